The average molecular weight is 507 g/mol. The molecule has 1 aromatic heterocycles. The molecule has 2 aliphatic rings. The normalized spacial score (nSPS) is 16.7. The largest absolute Gasteiger partial charge is 0.497 e. The van der Waals surface area contributed by atoms with Crippen LogP contribution in [0.4, 0.5) is 8.78 Å². The fourth-order valence-corrected chi connectivity index (χ4v) is 5.86. The molecule has 37 heavy (non-hydrogen) atoms. The van der Waals surface area contributed by atoms with E-state index in [0.717, 1.165) is 59.9 Å². The molecule has 4 aromatic rings. The van der Waals surface area contributed by atoms with Crippen LogP contribution in [0.1, 0.15) is 34.0 Å². The fourth-order valence-electron chi connectivity index (χ4n) is 5.86. The summed E-state index contributed by atoms with van der Waals surface area (Å²) in [5, 5.41) is 11.3. The molecular formula is C29H28F2N2O4. The van der Waals surface area contributed by atoms with Crippen molar-refractivity contribution in [1.82, 2.24) is 9.47 Å². The molecule has 3 heterocycles. The van der Waals surface area contributed by atoms with Gasteiger partial charge in [0.1, 0.15) is 30.7 Å². The van der Waals surface area contributed by atoms with Crippen molar-refractivity contribution < 1.29 is 28.1 Å². The van der Waals surface area contributed by atoms with Gasteiger partial charge in [0.25, 0.3) is 0 Å². The topological polar surface area (TPSA) is 56.1 Å². The molecule has 1 N–H and O–H groups in total. The number of aliphatic hydroxyl groups is 1. The molecule has 2 aliphatic heterocycles. The first-order valence-electron chi connectivity index (χ1n) is 12.3. The van der Waals surface area contributed by atoms with Crippen molar-refractivity contribution in [3.63, 3.8) is 0 Å². The third-order valence-electron chi connectivity index (χ3n) is 7.60. The number of halogens is 2. The summed E-state index contributed by atoms with van der Waals surface area (Å²) < 4.78 is 46.4. The van der Waals surface area contributed by atoms with Crippen LogP contribution in [0.5, 0.6) is 17.2 Å². The van der Waals surface area contributed by atoms with Gasteiger partial charge in [-0.05, 0) is 77.6 Å². The Balaban J connectivity index is 1.37. The summed E-state index contributed by atoms with van der Waals surface area (Å²) in [7, 11) is 3.25. The quantitative estimate of drug-likeness (QED) is 0.394. The van der Waals surface area contributed by atoms with Gasteiger partial charge in [-0.15, -0.1) is 0 Å². The minimum atomic E-state index is -0.636. The molecule has 3 aromatic carbocycles. The number of hydrogen-bond donors (Lipinski definition) is 1. The number of nitrogens with zero attached hydrogens (tertiary/aromatic N) is 2. The van der Waals surface area contributed by atoms with Gasteiger partial charge in [0.2, 0.25) is 0 Å². The van der Waals surface area contributed by atoms with Gasteiger partial charge >= 0.3 is 0 Å². The molecule has 0 aliphatic carbocycles. The zero-order valence-electron chi connectivity index (χ0n) is 20.8. The third kappa shape index (κ3) is 4.10. The van der Waals surface area contributed by atoms with Gasteiger partial charge in [-0.1, -0.05) is 0 Å². The van der Waals surface area contributed by atoms with Crippen LogP contribution in [0.15, 0.2) is 48.5 Å². The second-order valence-electron chi connectivity index (χ2n) is 9.59. The summed E-state index contributed by atoms with van der Waals surface area (Å²) in [6, 6.07) is 13.5. The lowest BCUT2D eigenvalue weighted by atomic mass is 9.85. The van der Waals surface area contributed by atoms with Crippen LogP contribution >= 0.6 is 0 Å². The number of hydrogen-bond acceptors (Lipinski definition) is 5. The Morgan fingerprint density at radius 1 is 0.973 bits per heavy atom. The second kappa shape index (κ2) is 9.36. The van der Waals surface area contributed by atoms with Crippen molar-refractivity contribution in [3.8, 4) is 17.2 Å². The van der Waals surface area contributed by atoms with Crippen molar-refractivity contribution in [2.75, 3.05) is 20.8 Å². The number of ether oxygens (including phenoxy) is 3. The summed E-state index contributed by atoms with van der Waals surface area (Å²) >= 11 is 0. The Labute approximate surface area is 213 Å². The number of methoxy groups -OCH3 is 2. The standard InChI is InChI=1S/C29H28F2N2O4/c1-35-21-3-4-25-23(11-21)24-12-26-22-13-29(37-15-17-7-19(30)10-20(31)8-17)28(36-2)9-18(22)5-6-32(26)14-27(24)33(25)16-34/h3-4,7-11,13,26,34H,5-6,12,14-16H2,1-2H3. The second-order valence-corrected chi connectivity index (χ2v) is 9.59. The van der Waals surface area contributed by atoms with E-state index in [4.69, 9.17) is 14.2 Å². The number of benzene rings is 3. The maximum atomic E-state index is 13.7. The Kier molecular flexibility index (Phi) is 6.01. The summed E-state index contributed by atoms with van der Waals surface area (Å²) in [5.74, 6) is 0.651. The van der Waals surface area contributed by atoms with E-state index < -0.39 is 11.6 Å². The molecule has 0 saturated carbocycles. The predicted molar refractivity (Wildman–Crippen MR) is 135 cm³/mol. The highest BCUT2D eigenvalue weighted by Crippen LogP contribution is 2.45. The number of fused-ring (bicyclic) bond motifs is 6. The van der Waals surface area contributed by atoms with Crippen molar-refractivity contribution in [1.29, 1.82) is 0 Å². The smallest absolute Gasteiger partial charge is 0.162 e. The van der Waals surface area contributed by atoms with E-state index in [-0.39, 0.29) is 19.4 Å². The first-order valence-corrected chi connectivity index (χ1v) is 12.3. The lowest BCUT2D eigenvalue weighted by Crippen LogP contribution is -2.39. The number of aromatic nitrogens is 1. The van der Waals surface area contributed by atoms with Gasteiger partial charge in [0, 0.05) is 36.3 Å². The highest BCUT2D eigenvalue weighted by molar-refractivity contribution is 5.87. The van der Waals surface area contributed by atoms with E-state index in [0.29, 0.717) is 17.1 Å². The van der Waals surface area contributed by atoms with E-state index >= 15 is 0 Å². The van der Waals surface area contributed by atoms with Gasteiger partial charge in [-0.3, -0.25) is 4.90 Å². The predicted octanol–water partition coefficient (Wildman–Crippen LogP) is 5.12. The highest BCUT2D eigenvalue weighted by atomic mass is 19.1. The van der Waals surface area contributed by atoms with Crippen molar-refractivity contribution in [3.05, 3.63) is 88.1 Å². The van der Waals surface area contributed by atoms with E-state index in [1.807, 2.05) is 34.9 Å². The van der Waals surface area contributed by atoms with Crippen LogP contribution in [0, 0.1) is 11.6 Å². The van der Waals surface area contributed by atoms with Crippen LogP contribution < -0.4 is 14.2 Å². The molecule has 6 nitrogen and oxygen atoms in total. The highest BCUT2D eigenvalue weighted by Gasteiger charge is 2.36. The molecule has 0 saturated heterocycles. The molecule has 0 amide bonds. The Hall–Kier alpha value is -3.62. The van der Waals surface area contributed by atoms with E-state index in [1.165, 1.54) is 23.3 Å². The Morgan fingerprint density at radius 3 is 2.51 bits per heavy atom. The molecule has 192 valence electrons. The van der Waals surface area contributed by atoms with Crippen molar-refractivity contribution in [2.45, 2.75) is 38.8 Å². The Bertz CT molecular complexity index is 1480. The molecule has 1 atom stereocenters. The first kappa shape index (κ1) is 23.8. The summed E-state index contributed by atoms with van der Waals surface area (Å²) in [6.07, 6.45) is 1.64. The van der Waals surface area contributed by atoms with Crippen LogP contribution in [0.25, 0.3) is 10.9 Å². The molecule has 0 spiro atoms. The summed E-state index contributed by atoms with van der Waals surface area (Å²) in [5.41, 5.74) is 6.11. The van der Waals surface area contributed by atoms with Gasteiger partial charge in [0.15, 0.2) is 11.5 Å². The molecule has 1 unspecified atom stereocenters. The maximum Gasteiger partial charge on any atom is 0.162 e. The van der Waals surface area contributed by atoms with Crippen molar-refractivity contribution in [2.24, 2.45) is 0 Å². The molecule has 0 radical (unpaired) electrons. The van der Waals surface area contributed by atoms with Crippen LogP contribution in [0.2, 0.25) is 0 Å². The summed E-state index contributed by atoms with van der Waals surface area (Å²) in [4.78, 5) is 2.44. The molecule has 0 fully saturated rings. The lowest BCUT2D eigenvalue weighted by Gasteiger charge is -2.41. The number of rotatable bonds is 6. The van der Waals surface area contributed by atoms with Gasteiger partial charge in [-0.25, -0.2) is 8.78 Å². The first-order chi connectivity index (χ1) is 18.0. The molecule has 8 heteroatoms. The minimum absolute atomic E-state index is 0.0200. The zero-order valence-corrected chi connectivity index (χ0v) is 20.8. The number of aliphatic hydroxyl groups excluding tert-OH is 1. The molecule has 6 rings (SSSR count). The summed E-state index contributed by atoms with van der Waals surface area (Å²) in [6.45, 7) is 1.55. The Morgan fingerprint density at radius 2 is 1.78 bits per heavy atom. The minimum Gasteiger partial charge on any atom is -0.497 e. The average Bonchev–Trinajstić information content (AvgIpc) is 3.21. The SMILES string of the molecule is COc1ccc2c(c1)c1c(n2CO)CN2CCc3cc(OC)c(OCc4cc(F)cc(F)c4)cc3C2C1. The van der Waals surface area contributed by atoms with Gasteiger partial charge < -0.3 is 23.9 Å². The van der Waals surface area contributed by atoms with Crippen LogP contribution in [-0.4, -0.2) is 35.3 Å². The van der Waals surface area contributed by atoms with Gasteiger partial charge in [0.05, 0.1) is 19.7 Å². The molecule has 0 bridgehead atoms. The third-order valence-corrected chi connectivity index (χ3v) is 7.60. The van der Waals surface area contributed by atoms with E-state index in [2.05, 4.69) is 4.90 Å². The lowest BCUT2D eigenvalue weighted by molar-refractivity contribution is 0.145. The maximum absolute atomic E-state index is 13.7. The van der Waals surface area contributed by atoms with Crippen LogP contribution in [0.3, 0.4) is 0 Å². The molecular weight excluding hydrogens is 478 g/mol. The van der Waals surface area contributed by atoms with E-state index in [1.54, 1.807) is 14.2 Å². The fraction of sp³-hybridized carbons (Fsp3) is 0.310. The monoisotopic (exact) mass is 506 g/mol. The van der Waals surface area contributed by atoms with Gasteiger partial charge in [-0.2, -0.15) is 0 Å². The van der Waals surface area contributed by atoms with Crippen LogP contribution in [-0.2, 0) is 32.7 Å². The van der Waals surface area contributed by atoms with E-state index in [9.17, 15) is 13.9 Å². The zero-order chi connectivity index (χ0) is 25.7. The van der Waals surface area contributed by atoms with Crippen molar-refractivity contribution >= 4 is 10.9 Å².